The molecule has 1 atom stereocenters. The van der Waals surface area contributed by atoms with Gasteiger partial charge in [0, 0.05) is 24.8 Å². The molecule has 2 saturated heterocycles. The number of fused-ring (bicyclic) bond motifs is 1. The summed E-state index contributed by atoms with van der Waals surface area (Å²) in [5, 5.41) is 1.29. The molecular weight excluding hydrogens is 358 g/mol. The zero-order valence-electron chi connectivity index (χ0n) is 17.1. The number of aromatic amines is 1. The second kappa shape index (κ2) is 7.68. The van der Waals surface area contributed by atoms with Gasteiger partial charge in [-0.3, -0.25) is 9.69 Å². The molecule has 3 heterocycles. The van der Waals surface area contributed by atoms with Crippen LogP contribution in [0.2, 0.25) is 0 Å². The maximum absolute atomic E-state index is 13.0. The summed E-state index contributed by atoms with van der Waals surface area (Å²) >= 11 is 0. The summed E-state index contributed by atoms with van der Waals surface area (Å²) in [5.74, 6) is 0.920. The molecule has 2 aliphatic heterocycles. The zero-order chi connectivity index (χ0) is 19.8. The van der Waals surface area contributed by atoms with E-state index in [1.807, 2.05) is 11.1 Å². The van der Waals surface area contributed by atoms with Gasteiger partial charge in [-0.2, -0.15) is 0 Å². The molecule has 1 amide bonds. The van der Waals surface area contributed by atoms with E-state index in [9.17, 15) is 4.79 Å². The quantitative estimate of drug-likeness (QED) is 0.718. The van der Waals surface area contributed by atoms with Crippen molar-refractivity contribution < 1.29 is 4.79 Å². The first-order valence-electron chi connectivity index (χ1n) is 10.8. The molecule has 0 radical (unpaired) electrons. The van der Waals surface area contributed by atoms with Crippen LogP contribution in [0.4, 0.5) is 0 Å². The van der Waals surface area contributed by atoms with Crippen molar-refractivity contribution in [1.29, 1.82) is 0 Å². The number of hydrogen-bond acceptors (Lipinski definition) is 2. The summed E-state index contributed by atoms with van der Waals surface area (Å²) in [7, 11) is 0. The van der Waals surface area contributed by atoms with E-state index in [1.54, 1.807) is 0 Å². The number of amides is 1. The Morgan fingerprint density at radius 3 is 2.55 bits per heavy atom. The fourth-order valence-corrected chi connectivity index (χ4v) is 5.00. The van der Waals surface area contributed by atoms with Gasteiger partial charge in [-0.1, -0.05) is 35.9 Å². The third kappa shape index (κ3) is 3.69. The lowest BCUT2D eigenvalue weighted by Gasteiger charge is -2.35. The zero-order valence-corrected chi connectivity index (χ0v) is 17.1. The highest BCUT2D eigenvalue weighted by Gasteiger charge is 2.37. The monoisotopic (exact) mass is 387 g/mol. The smallest absolute Gasteiger partial charge is 0.240 e. The van der Waals surface area contributed by atoms with Crippen LogP contribution in [0.3, 0.4) is 0 Å². The van der Waals surface area contributed by atoms with Gasteiger partial charge in [-0.25, -0.2) is 0 Å². The highest BCUT2D eigenvalue weighted by molar-refractivity contribution is 5.84. The Morgan fingerprint density at radius 2 is 1.76 bits per heavy atom. The Bertz CT molecular complexity index is 998. The van der Waals surface area contributed by atoms with E-state index in [0.29, 0.717) is 11.8 Å². The number of nitrogens with zero attached hydrogens (tertiary/aromatic N) is 2. The van der Waals surface area contributed by atoms with Gasteiger partial charge in [0.2, 0.25) is 5.91 Å². The van der Waals surface area contributed by atoms with Gasteiger partial charge in [-0.05, 0) is 79.9 Å². The maximum Gasteiger partial charge on any atom is 0.240 e. The highest BCUT2D eigenvalue weighted by Crippen LogP contribution is 2.32. The second-order valence-corrected chi connectivity index (χ2v) is 8.68. The molecule has 0 aliphatic carbocycles. The molecule has 1 aromatic heterocycles. The molecule has 2 fully saturated rings. The molecule has 0 spiro atoms. The van der Waals surface area contributed by atoms with Crippen LogP contribution in [0.25, 0.3) is 10.9 Å². The molecule has 2 aliphatic rings. The average molecular weight is 388 g/mol. The Kier molecular flexibility index (Phi) is 4.88. The number of nitrogens with one attached hydrogen (secondary N) is 1. The van der Waals surface area contributed by atoms with Crippen LogP contribution in [-0.4, -0.2) is 46.4 Å². The SMILES string of the molecule is Cc1ccc(CN2CC[C@@H](N3CCC(c4ccc5[nH]ccc5c4)CC3)C2=O)cc1. The standard InChI is InChI=1S/C25H29N3O/c1-18-2-4-19(5-3-18)17-28-15-11-24(25(28)29)27-13-9-20(10-14-27)21-6-7-23-22(16-21)8-12-26-23/h2-8,12,16,20,24,26H,9-11,13-15,17H2,1H3/t24-/m1/s1. The number of aromatic nitrogens is 1. The Morgan fingerprint density at radius 1 is 0.966 bits per heavy atom. The number of rotatable bonds is 4. The van der Waals surface area contributed by atoms with E-state index in [4.69, 9.17) is 0 Å². The van der Waals surface area contributed by atoms with Gasteiger partial charge >= 0.3 is 0 Å². The lowest BCUT2D eigenvalue weighted by Crippen LogP contribution is -2.45. The molecule has 0 saturated carbocycles. The summed E-state index contributed by atoms with van der Waals surface area (Å²) in [6.07, 6.45) is 5.24. The first-order chi connectivity index (χ1) is 14.2. The topological polar surface area (TPSA) is 39.3 Å². The first-order valence-corrected chi connectivity index (χ1v) is 10.8. The van der Waals surface area contributed by atoms with E-state index in [2.05, 4.69) is 65.3 Å². The summed E-state index contributed by atoms with van der Waals surface area (Å²) in [6.45, 7) is 5.75. The van der Waals surface area contributed by atoms with Gasteiger partial charge in [0.05, 0.1) is 6.04 Å². The normalized spacial score (nSPS) is 21.3. The molecular formula is C25H29N3O. The molecule has 29 heavy (non-hydrogen) atoms. The van der Waals surface area contributed by atoms with Gasteiger partial charge in [0.1, 0.15) is 0 Å². The fourth-order valence-electron chi connectivity index (χ4n) is 5.00. The van der Waals surface area contributed by atoms with Gasteiger partial charge in [-0.15, -0.1) is 0 Å². The van der Waals surface area contributed by atoms with Crippen molar-refractivity contribution >= 4 is 16.8 Å². The van der Waals surface area contributed by atoms with Crippen LogP contribution < -0.4 is 0 Å². The number of carbonyl (C=O) groups excluding carboxylic acids is 1. The number of benzene rings is 2. The van der Waals surface area contributed by atoms with Crippen LogP contribution >= 0.6 is 0 Å². The maximum atomic E-state index is 13.0. The number of piperidine rings is 1. The Balaban J connectivity index is 1.19. The number of likely N-dealkylation sites (tertiary alicyclic amines) is 2. The number of H-pyrrole nitrogens is 1. The van der Waals surface area contributed by atoms with Crippen molar-refractivity contribution in [3.63, 3.8) is 0 Å². The Labute approximate surface area is 172 Å². The summed E-state index contributed by atoms with van der Waals surface area (Å²) in [4.78, 5) is 20.8. The Hall–Kier alpha value is -2.59. The first kappa shape index (κ1) is 18.4. The molecule has 5 rings (SSSR count). The number of hydrogen-bond donors (Lipinski definition) is 1. The average Bonchev–Trinajstić information content (AvgIpc) is 3.36. The minimum atomic E-state index is 0.0774. The van der Waals surface area contributed by atoms with Crippen molar-refractivity contribution in [3.8, 4) is 0 Å². The minimum Gasteiger partial charge on any atom is -0.361 e. The predicted octanol–water partition coefficient (Wildman–Crippen LogP) is 4.46. The van der Waals surface area contributed by atoms with Crippen LogP contribution in [0, 0.1) is 6.92 Å². The van der Waals surface area contributed by atoms with Crippen LogP contribution in [0.15, 0.2) is 54.7 Å². The largest absolute Gasteiger partial charge is 0.361 e. The lowest BCUT2D eigenvalue weighted by molar-refractivity contribution is -0.133. The third-order valence-electron chi connectivity index (χ3n) is 6.78. The number of aryl methyl sites for hydroxylation is 1. The van der Waals surface area contributed by atoms with Crippen molar-refractivity contribution in [2.45, 2.75) is 44.7 Å². The summed E-state index contributed by atoms with van der Waals surface area (Å²) < 4.78 is 0. The van der Waals surface area contributed by atoms with Crippen LogP contribution in [0.5, 0.6) is 0 Å². The summed E-state index contributed by atoms with van der Waals surface area (Å²) in [6, 6.07) is 17.6. The minimum absolute atomic E-state index is 0.0774. The molecule has 0 bridgehead atoms. The molecule has 4 nitrogen and oxygen atoms in total. The lowest BCUT2D eigenvalue weighted by atomic mass is 9.88. The van der Waals surface area contributed by atoms with Gasteiger partial charge < -0.3 is 9.88 Å². The van der Waals surface area contributed by atoms with Crippen LogP contribution in [-0.2, 0) is 11.3 Å². The molecule has 0 unspecified atom stereocenters. The van der Waals surface area contributed by atoms with Gasteiger partial charge in [0.25, 0.3) is 0 Å². The van der Waals surface area contributed by atoms with Gasteiger partial charge in [0.15, 0.2) is 0 Å². The van der Waals surface area contributed by atoms with E-state index in [1.165, 1.54) is 27.6 Å². The molecule has 4 heteroatoms. The molecule has 150 valence electrons. The number of carbonyl (C=O) groups is 1. The van der Waals surface area contributed by atoms with Crippen molar-refractivity contribution in [2.75, 3.05) is 19.6 Å². The van der Waals surface area contributed by atoms with Crippen molar-refractivity contribution in [2.24, 2.45) is 0 Å². The molecule has 3 aromatic rings. The summed E-state index contributed by atoms with van der Waals surface area (Å²) in [5.41, 5.74) is 5.13. The second-order valence-electron chi connectivity index (χ2n) is 8.68. The third-order valence-corrected chi connectivity index (χ3v) is 6.78. The van der Waals surface area contributed by atoms with E-state index in [0.717, 1.165) is 45.4 Å². The molecule has 1 N–H and O–H groups in total. The predicted molar refractivity (Wildman–Crippen MR) is 117 cm³/mol. The van der Waals surface area contributed by atoms with Crippen molar-refractivity contribution in [3.05, 3.63) is 71.4 Å². The highest BCUT2D eigenvalue weighted by atomic mass is 16.2. The van der Waals surface area contributed by atoms with E-state index >= 15 is 0 Å². The molecule has 2 aromatic carbocycles. The van der Waals surface area contributed by atoms with E-state index < -0.39 is 0 Å². The van der Waals surface area contributed by atoms with Crippen LogP contribution in [0.1, 0.15) is 41.9 Å². The van der Waals surface area contributed by atoms with Crippen molar-refractivity contribution in [1.82, 2.24) is 14.8 Å². The fraction of sp³-hybridized carbons (Fsp3) is 0.400. The van der Waals surface area contributed by atoms with E-state index in [-0.39, 0.29) is 6.04 Å².